The highest BCUT2D eigenvalue weighted by Crippen LogP contribution is 2.43. The Morgan fingerprint density at radius 1 is 0.435 bits per heavy atom. The van der Waals surface area contributed by atoms with Gasteiger partial charge in [-0.1, -0.05) is 115 Å². The Hall–Kier alpha value is -6.19. The van der Waals surface area contributed by atoms with E-state index in [1.165, 1.54) is 38.2 Å². The summed E-state index contributed by atoms with van der Waals surface area (Å²) in [5, 5.41) is 7.26. The Balaban J connectivity index is 1.25. The number of benzene rings is 7. The van der Waals surface area contributed by atoms with Crippen molar-refractivity contribution in [2.75, 3.05) is 0 Å². The zero-order chi connectivity index (χ0) is 30.2. The predicted molar refractivity (Wildman–Crippen MR) is 191 cm³/mol. The van der Waals surface area contributed by atoms with Crippen LogP contribution in [0.15, 0.2) is 162 Å². The van der Waals surface area contributed by atoms with E-state index in [1.807, 2.05) is 18.2 Å². The number of para-hydroxylation sites is 1. The number of nitrogens with zero attached hydrogens (tertiary/aromatic N) is 2. The molecule has 0 atom stereocenters. The van der Waals surface area contributed by atoms with Gasteiger partial charge < -0.3 is 4.42 Å². The monoisotopic (exact) mass is 586 g/mol. The van der Waals surface area contributed by atoms with Crippen molar-refractivity contribution >= 4 is 54.5 Å². The van der Waals surface area contributed by atoms with Crippen molar-refractivity contribution < 1.29 is 4.42 Å². The van der Waals surface area contributed by atoms with Gasteiger partial charge in [0.2, 0.25) is 0 Å². The number of hydrogen-bond donors (Lipinski definition) is 0. The Labute approximate surface area is 264 Å². The first kappa shape index (κ1) is 25.2. The third kappa shape index (κ3) is 3.69. The number of rotatable bonds is 4. The van der Waals surface area contributed by atoms with Crippen LogP contribution < -0.4 is 0 Å². The van der Waals surface area contributed by atoms with Gasteiger partial charge in [0.05, 0.1) is 16.7 Å². The summed E-state index contributed by atoms with van der Waals surface area (Å²) in [5.41, 5.74) is 10.9. The van der Waals surface area contributed by atoms with Gasteiger partial charge in [-0.25, -0.2) is 4.98 Å². The van der Waals surface area contributed by atoms with Crippen molar-refractivity contribution in [1.82, 2.24) is 9.55 Å². The molecule has 0 saturated carbocycles. The first-order chi connectivity index (χ1) is 22.8. The second-order valence-corrected chi connectivity index (χ2v) is 12.0. The molecule has 10 rings (SSSR count). The lowest BCUT2D eigenvalue weighted by atomic mass is 9.94. The van der Waals surface area contributed by atoms with E-state index in [-0.39, 0.29) is 0 Å². The molecule has 3 aromatic heterocycles. The fraction of sp³-hybridized carbons (Fsp3) is 0. The fourth-order valence-electron chi connectivity index (χ4n) is 7.26. The molecule has 214 valence electrons. The van der Waals surface area contributed by atoms with Crippen molar-refractivity contribution in [2.45, 2.75) is 0 Å². The molecule has 7 aromatic carbocycles. The molecule has 0 spiro atoms. The van der Waals surface area contributed by atoms with Crippen molar-refractivity contribution in [1.29, 1.82) is 0 Å². The van der Waals surface area contributed by atoms with E-state index >= 15 is 0 Å². The standard InChI is InChI=1S/C43H26N2O/c1-3-10-27(11-4-1)31-25-36(28-12-5-2-6-13-28)44-41(26-31)45-37-16-9-14-29-18-20-34-32(21-22-38(45)43(34)42(29)37)30-19-23-40-35(24-30)33-15-7-8-17-39(33)46-40/h1-26H. The van der Waals surface area contributed by atoms with Crippen LogP contribution in [-0.2, 0) is 0 Å². The van der Waals surface area contributed by atoms with E-state index in [4.69, 9.17) is 9.40 Å². The van der Waals surface area contributed by atoms with Crippen LogP contribution in [0.3, 0.4) is 0 Å². The average Bonchev–Trinajstić information content (AvgIpc) is 3.67. The van der Waals surface area contributed by atoms with Gasteiger partial charge in [-0.3, -0.25) is 4.57 Å². The van der Waals surface area contributed by atoms with Gasteiger partial charge in [0.25, 0.3) is 0 Å². The molecule has 3 heteroatoms. The van der Waals surface area contributed by atoms with Crippen LogP contribution in [0.2, 0.25) is 0 Å². The maximum absolute atomic E-state index is 6.15. The molecule has 0 saturated heterocycles. The molecule has 0 amide bonds. The van der Waals surface area contributed by atoms with E-state index in [2.05, 4.69) is 144 Å². The van der Waals surface area contributed by atoms with Gasteiger partial charge in [-0.15, -0.1) is 0 Å². The van der Waals surface area contributed by atoms with Crippen LogP contribution in [0.1, 0.15) is 0 Å². The van der Waals surface area contributed by atoms with Crippen molar-refractivity contribution in [3.8, 4) is 39.3 Å². The average molecular weight is 587 g/mol. The van der Waals surface area contributed by atoms with E-state index < -0.39 is 0 Å². The lowest BCUT2D eigenvalue weighted by molar-refractivity contribution is 0.669. The summed E-state index contributed by atoms with van der Waals surface area (Å²) in [6.07, 6.45) is 0. The van der Waals surface area contributed by atoms with E-state index in [0.29, 0.717) is 0 Å². The summed E-state index contributed by atoms with van der Waals surface area (Å²) < 4.78 is 8.50. The summed E-state index contributed by atoms with van der Waals surface area (Å²) in [4.78, 5) is 5.32. The summed E-state index contributed by atoms with van der Waals surface area (Å²) in [6, 6.07) is 56.0. The Kier molecular flexibility index (Phi) is 5.28. The molecule has 0 unspecified atom stereocenters. The second kappa shape index (κ2) is 9.65. The number of hydrogen-bond acceptors (Lipinski definition) is 2. The predicted octanol–water partition coefficient (Wildman–Crippen LogP) is 11.7. The number of aromatic nitrogens is 2. The van der Waals surface area contributed by atoms with Crippen LogP contribution in [0.5, 0.6) is 0 Å². The zero-order valence-corrected chi connectivity index (χ0v) is 24.8. The van der Waals surface area contributed by atoms with Gasteiger partial charge in [-0.05, 0) is 75.5 Å². The van der Waals surface area contributed by atoms with Gasteiger partial charge >= 0.3 is 0 Å². The minimum atomic E-state index is 0.907. The van der Waals surface area contributed by atoms with Crippen LogP contribution in [0.4, 0.5) is 0 Å². The Morgan fingerprint density at radius 3 is 2.07 bits per heavy atom. The van der Waals surface area contributed by atoms with Crippen LogP contribution in [0, 0.1) is 0 Å². The zero-order valence-electron chi connectivity index (χ0n) is 24.8. The molecular weight excluding hydrogens is 560 g/mol. The number of furan rings is 1. The molecule has 0 aliphatic carbocycles. The van der Waals surface area contributed by atoms with Crippen molar-refractivity contribution in [3.05, 3.63) is 158 Å². The first-order valence-electron chi connectivity index (χ1n) is 15.6. The third-order valence-electron chi connectivity index (χ3n) is 9.36. The minimum Gasteiger partial charge on any atom is -0.456 e. The SMILES string of the molecule is c1ccc(-c2cc(-c3ccccc3)nc(-n3c4cccc5ccc6c(-c7ccc8oc9ccccc9c8c7)ccc3c6c54)c2)cc1. The number of fused-ring (bicyclic) bond motifs is 3. The number of pyridine rings is 1. The Morgan fingerprint density at radius 2 is 1.20 bits per heavy atom. The van der Waals surface area contributed by atoms with E-state index in [0.717, 1.165) is 55.6 Å². The van der Waals surface area contributed by atoms with Gasteiger partial charge in [0, 0.05) is 27.1 Å². The van der Waals surface area contributed by atoms with Crippen molar-refractivity contribution in [3.63, 3.8) is 0 Å². The van der Waals surface area contributed by atoms with Crippen LogP contribution in [0.25, 0.3) is 93.8 Å². The van der Waals surface area contributed by atoms with Gasteiger partial charge in [0.15, 0.2) is 0 Å². The molecule has 3 nitrogen and oxygen atoms in total. The lowest BCUT2D eigenvalue weighted by Crippen LogP contribution is -2.00. The lowest BCUT2D eigenvalue weighted by Gasteiger charge is -2.13. The maximum atomic E-state index is 6.15. The Bertz CT molecular complexity index is 2680. The van der Waals surface area contributed by atoms with Gasteiger partial charge in [-0.2, -0.15) is 0 Å². The summed E-state index contributed by atoms with van der Waals surface area (Å²) >= 11 is 0. The smallest absolute Gasteiger partial charge is 0.138 e. The molecule has 0 aliphatic rings. The second-order valence-electron chi connectivity index (χ2n) is 12.0. The molecule has 0 N–H and O–H groups in total. The summed E-state index contributed by atoms with van der Waals surface area (Å²) in [6.45, 7) is 0. The molecule has 0 fully saturated rings. The quantitative estimate of drug-likeness (QED) is 0.192. The molecule has 46 heavy (non-hydrogen) atoms. The topological polar surface area (TPSA) is 31.0 Å². The molecular formula is C43H26N2O. The fourth-order valence-corrected chi connectivity index (χ4v) is 7.26. The highest BCUT2D eigenvalue weighted by Gasteiger charge is 2.21. The minimum absolute atomic E-state index is 0.907. The molecule has 10 aromatic rings. The van der Waals surface area contributed by atoms with Crippen molar-refractivity contribution in [2.24, 2.45) is 0 Å². The molecule has 0 radical (unpaired) electrons. The van der Waals surface area contributed by atoms with Crippen LogP contribution in [-0.4, -0.2) is 9.55 Å². The highest BCUT2D eigenvalue weighted by molar-refractivity contribution is 6.26. The highest BCUT2D eigenvalue weighted by atomic mass is 16.3. The molecule has 3 heterocycles. The van der Waals surface area contributed by atoms with Crippen LogP contribution >= 0.6 is 0 Å². The summed E-state index contributed by atoms with van der Waals surface area (Å²) in [5.74, 6) is 0.907. The summed E-state index contributed by atoms with van der Waals surface area (Å²) in [7, 11) is 0. The van der Waals surface area contributed by atoms with Gasteiger partial charge in [0.1, 0.15) is 17.0 Å². The largest absolute Gasteiger partial charge is 0.456 e. The van der Waals surface area contributed by atoms with E-state index in [1.54, 1.807) is 0 Å². The molecule has 0 aliphatic heterocycles. The third-order valence-corrected chi connectivity index (χ3v) is 9.36. The maximum Gasteiger partial charge on any atom is 0.138 e. The van der Waals surface area contributed by atoms with E-state index in [9.17, 15) is 0 Å². The molecule has 0 bridgehead atoms. The first-order valence-corrected chi connectivity index (χ1v) is 15.6. The normalized spacial score (nSPS) is 11.9.